The van der Waals surface area contributed by atoms with Gasteiger partial charge in [0, 0.05) is 12.0 Å². The first-order valence-corrected chi connectivity index (χ1v) is 7.64. The van der Waals surface area contributed by atoms with Gasteiger partial charge in [-0.3, -0.25) is 9.59 Å². The summed E-state index contributed by atoms with van der Waals surface area (Å²) in [6.07, 6.45) is -0.627. The molecule has 0 radical (unpaired) electrons. The third kappa shape index (κ3) is 5.48. The summed E-state index contributed by atoms with van der Waals surface area (Å²) in [6.45, 7) is 7.48. The Morgan fingerprint density at radius 3 is 2.43 bits per heavy atom. The van der Waals surface area contributed by atoms with E-state index in [-0.39, 0.29) is 23.2 Å². The minimum absolute atomic E-state index is 0.00158. The predicted octanol–water partition coefficient (Wildman–Crippen LogP) is 2.58. The van der Waals surface area contributed by atoms with E-state index in [1.165, 1.54) is 6.07 Å². The van der Waals surface area contributed by atoms with Gasteiger partial charge in [0.1, 0.15) is 5.82 Å². The molecule has 0 spiro atoms. The molecule has 0 heterocycles. The fourth-order valence-electron chi connectivity index (χ4n) is 2.17. The van der Waals surface area contributed by atoms with E-state index in [1.807, 2.05) is 13.8 Å². The Morgan fingerprint density at radius 1 is 1.30 bits per heavy atom. The average molecular weight is 345 g/mol. The molecule has 1 atom stereocenters. The molecule has 128 valence electrons. The molecule has 0 aliphatic carbocycles. The van der Waals surface area contributed by atoms with Gasteiger partial charge in [0.15, 0.2) is 0 Å². The molecule has 0 saturated heterocycles. The van der Waals surface area contributed by atoms with Crippen LogP contribution in [0.3, 0.4) is 0 Å². The Kier molecular flexibility index (Phi) is 6.53. The first kappa shape index (κ1) is 19.4. The first-order chi connectivity index (χ1) is 10.5. The fraction of sp³-hybridized carbons (Fsp3) is 0.500. The van der Waals surface area contributed by atoms with Gasteiger partial charge in [-0.15, -0.1) is 0 Å². The lowest BCUT2D eigenvalue weighted by Crippen LogP contribution is -2.46. The third-order valence-corrected chi connectivity index (χ3v) is 3.83. The molecule has 0 aliphatic rings. The summed E-state index contributed by atoms with van der Waals surface area (Å²) < 4.78 is 12.9. The van der Waals surface area contributed by atoms with E-state index in [4.69, 9.17) is 11.6 Å². The van der Waals surface area contributed by atoms with Gasteiger partial charge in [0.2, 0.25) is 0 Å². The van der Waals surface area contributed by atoms with Gasteiger partial charge in [-0.05, 0) is 24.1 Å². The lowest BCUT2D eigenvalue weighted by molar-refractivity contribution is -0.136. The summed E-state index contributed by atoms with van der Waals surface area (Å²) in [4.78, 5) is 23.7. The number of aliphatic hydroxyl groups is 1. The van der Waals surface area contributed by atoms with Gasteiger partial charge in [-0.1, -0.05) is 39.3 Å². The van der Waals surface area contributed by atoms with Crippen molar-refractivity contribution in [2.75, 3.05) is 11.9 Å². The van der Waals surface area contributed by atoms with E-state index in [0.29, 0.717) is 0 Å². The van der Waals surface area contributed by atoms with E-state index in [2.05, 4.69) is 10.6 Å². The number of halogens is 2. The van der Waals surface area contributed by atoms with Crippen LogP contribution in [0, 0.1) is 17.2 Å². The van der Waals surface area contributed by atoms with Crippen molar-refractivity contribution in [1.29, 1.82) is 0 Å². The van der Waals surface area contributed by atoms with E-state index >= 15 is 0 Å². The standard InChI is InChI=1S/C16H22ClFN2O3/c1-9(2)13(21)16(3,4)8-19-14(22)15(23)20-12-6-5-10(18)7-11(12)17/h5-7,9,13,21H,8H2,1-4H3,(H,19,22)(H,20,23). The van der Waals surface area contributed by atoms with Gasteiger partial charge in [-0.25, -0.2) is 4.39 Å². The smallest absolute Gasteiger partial charge is 0.313 e. The molecule has 3 N–H and O–H groups in total. The Bertz CT molecular complexity index is 591. The van der Waals surface area contributed by atoms with Crippen LogP contribution in [-0.4, -0.2) is 29.6 Å². The van der Waals surface area contributed by atoms with E-state index < -0.39 is 29.2 Å². The molecule has 0 aromatic heterocycles. The molecule has 0 aliphatic heterocycles. The quantitative estimate of drug-likeness (QED) is 0.718. The van der Waals surface area contributed by atoms with Crippen LogP contribution < -0.4 is 10.6 Å². The number of rotatable bonds is 5. The molecule has 7 heteroatoms. The number of aliphatic hydroxyl groups excluding tert-OH is 1. The fourth-order valence-corrected chi connectivity index (χ4v) is 2.38. The molecule has 1 unspecified atom stereocenters. The van der Waals surface area contributed by atoms with Crippen LogP contribution in [0.2, 0.25) is 5.02 Å². The van der Waals surface area contributed by atoms with E-state index in [9.17, 15) is 19.1 Å². The monoisotopic (exact) mass is 344 g/mol. The Morgan fingerprint density at radius 2 is 1.91 bits per heavy atom. The van der Waals surface area contributed by atoms with Crippen molar-refractivity contribution in [2.45, 2.75) is 33.8 Å². The minimum atomic E-state index is -0.909. The zero-order valence-electron chi connectivity index (χ0n) is 13.6. The van der Waals surface area contributed by atoms with Crippen molar-refractivity contribution in [3.63, 3.8) is 0 Å². The van der Waals surface area contributed by atoms with Crippen LogP contribution in [0.4, 0.5) is 10.1 Å². The largest absolute Gasteiger partial charge is 0.392 e. The van der Waals surface area contributed by atoms with E-state index in [1.54, 1.807) is 13.8 Å². The summed E-state index contributed by atoms with van der Waals surface area (Å²) in [6, 6.07) is 3.44. The molecule has 1 rings (SSSR count). The molecular formula is C16H22ClFN2O3. The molecule has 5 nitrogen and oxygen atoms in total. The lowest BCUT2D eigenvalue weighted by atomic mass is 9.81. The molecule has 23 heavy (non-hydrogen) atoms. The Labute approximate surface area is 140 Å². The van der Waals surface area contributed by atoms with Crippen molar-refractivity contribution in [1.82, 2.24) is 5.32 Å². The van der Waals surface area contributed by atoms with Crippen LogP contribution in [0.25, 0.3) is 0 Å². The number of benzene rings is 1. The number of anilines is 1. The van der Waals surface area contributed by atoms with Gasteiger partial charge in [0.25, 0.3) is 0 Å². The van der Waals surface area contributed by atoms with Crippen LogP contribution in [0.5, 0.6) is 0 Å². The number of hydrogen-bond acceptors (Lipinski definition) is 3. The second-order valence-electron chi connectivity index (χ2n) is 6.44. The Balaban J connectivity index is 2.62. The number of nitrogens with one attached hydrogen (secondary N) is 2. The molecular weight excluding hydrogens is 323 g/mol. The van der Waals surface area contributed by atoms with Crippen LogP contribution >= 0.6 is 11.6 Å². The van der Waals surface area contributed by atoms with Crippen molar-refractivity contribution in [3.8, 4) is 0 Å². The normalized spacial score (nSPS) is 12.9. The molecule has 0 fully saturated rings. The minimum Gasteiger partial charge on any atom is -0.392 e. The molecule has 1 aromatic carbocycles. The summed E-state index contributed by atoms with van der Waals surface area (Å²) in [5.41, 5.74) is -0.438. The van der Waals surface area contributed by atoms with Gasteiger partial charge >= 0.3 is 11.8 Å². The summed E-state index contributed by atoms with van der Waals surface area (Å²) in [7, 11) is 0. The van der Waals surface area contributed by atoms with Crippen molar-refractivity contribution >= 4 is 29.1 Å². The highest BCUT2D eigenvalue weighted by atomic mass is 35.5. The maximum Gasteiger partial charge on any atom is 0.313 e. The molecule has 0 saturated carbocycles. The summed E-state index contributed by atoms with van der Waals surface area (Å²) >= 11 is 5.78. The van der Waals surface area contributed by atoms with Crippen molar-refractivity contribution in [3.05, 3.63) is 29.0 Å². The highest BCUT2D eigenvalue weighted by Crippen LogP contribution is 2.25. The highest BCUT2D eigenvalue weighted by molar-refractivity contribution is 6.41. The lowest BCUT2D eigenvalue weighted by Gasteiger charge is -2.33. The zero-order chi connectivity index (χ0) is 17.8. The predicted molar refractivity (Wildman–Crippen MR) is 87.7 cm³/mol. The molecule has 1 aromatic rings. The van der Waals surface area contributed by atoms with Gasteiger partial charge in [-0.2, -0.15) is 0 Å². The summed E-state index contributed by atoms with van der Waals surface area (Å²) in [5, 5.41) is 14.9. The topological polar surface area (TPSA) is 78.4 Å². The number of carbonyl (C=O) groups is 2. The highest BCUT2D eigenvalue weighted by Gasteiger charge is 2.31. The number of hydrogen-bond donors (Lipinski definition) is 3. The second-order valence-corrected chi connectivity index (χ2v) is 6.85. The van der Waals surface area contributed by atoms with Gasteiger partial charge < -0.3 is 15.7 Å². The number of carbonyl (C=O) groups excluding carboxylic acids is 2. The molecule has 0 bridgehead atoms. The van der Waals surface area contributed by atoms with Crippen LogP contribution in [0.15, 0.2) is 18.2 Å². The maximum atomic E-state index is 12.9. The van der Waals surface area contributed by atoms with E-state index in [0.717, 1.165) is 12.1 Å². The van der Waals surface area contributed by atoms with Crippen LogP contribution in [-0.2, 0) is 9.59 Å². The van der Waals surface area contributed by atoms with Crippen molar-refractivity contribution < 1.29 is 19.1 Å². The second kappa shape index (κ2) is 7.75. The third-order valence-electron chi connectivity index (χ3n) is 3.52. The zero-order valence-corrected chi connectivity index (χ0v) is 14.4. The Hall–Kier alpha value is -1.66. The van der Waals surface area contributed by atoms with Crippen molar-refractivity contribution in [2.24, 2.45) is 11.3 Å². The summed E-state index contributed by atoms with van der Waals surface area (Å²) in [5.74, 6) is -2.28. The van der Waals surface area contributed by atoms with Crippen LogP contribution in [0.1, 0.15) is 27.7 Å². The maximum absolute atomic E-state index is 12.9. The first-order valence-electron chi connectivity index (χ1n) is 7.27. The SMILES string of the molecule is CC(C)C(O)C(C)(C)CNC(=O)C(=O)Nc1ccc(F)cc1Cl. The molecule has 2 amide bonds. The van der Waals surface area contributed by atoms with Gasteiger partial charge in [0.05, 0.1) is 16.8 Å². The average Bonchev–Trinajstić information content (AvgIpc) is 2.46. The number of amides is 2.